The van der Waals surface area contributed by atoms with Crippen LogP contribution in [0, 0.1) is 15.3 Å². The van der Waals surface area contributed by atoms with Gasteiger partial charge in [0.05, 0.1) is 15.8 Å². The molecular formula is C13H16FIN2S. The number of amidine groups is 1. The molecule has 5 heteroatoms. The van der Waals surface area contributed by atoms with Crippen molar-refractivity contribution in [2.24, 2.45) is 10.9 Å². The maximum Gasteiger partial charge on any atom is 0.161 e. The van der Waals surface area contributed by atoms with Crippen molar-refractivity contribution < 1.29 is 4.39 Å². The number of hydrogen-bond acceptors (Lipinski definition) is 3. The molecule has 0 spiro atoms. The van der Waals surface area contributed by atoms with Crippen molar-refractivity contribution in [3.63, 3.8) is 0 Å². The van der Waals surface area contributed by atoms with E-state index in [2.05, 4.69) is 24.2 Å². The van der Waals surface area contributed by atoms with E-state index in [9.17, 15) is 4.39 Å². The maximum atomic E-state index is 13.4. The van der Waals surface area contributed by atoms with Crippen molar-refractivity contribution in [2.75, 3.05) is 11.9 Å². The van der Waals surface area contributed by atoms with Gasteiger partial charge in [-0.2, -0.15) is 0 Å². The van der Waals surface area contributed by atoms with E-state index < -0.39 is 0 Å². The Morgan fingerprint density at radius 1 is 1.56 bits per heavy atom. The Morgan fingerprint density at radius 3 is 3.06 bits per heavy atom. The van der Waals surface area contributed by atoms with Crippen LogP contribution in [0.3, 0.4) is 0 Å². The van der Waals surface area contributed by atoms with Gasteiger partial charge in [-0.1, -0.05) is 31.7 Å². The van der Waals surface area contributed by atoms with Crippen LogP contribution in [-0.2, 0) is 0 Å². The number of nitrogens with one attached hydrogen (secondary N) is 1. The molecule has 18 heavy (non-hydrogen) atoms. The minimum Gasteiger partial charge on any atom is -0.334 e. The number of aliphatic imine (C=N–C) groups is 1. The molecule has 0 bridgehead atoms. The minimum absolute atomic E-state index is 0.192. The molecule has 0 amide bonds. The predicted octanol–water partition coefficient (Wildman–Crippen LogP) is 4.36. The van der Waals surface area contributed by atoms with Gasteiger partial charge in [0, 0.05) is 5.25 Å². The lowest BCUT2D eigenvalue weighted by molar-refractivity contribution is 0.575. The molecule has 1 N–H and O–H groups in total. The highest BCUT2D eigenvalue weighted by atomic mass is 127. The summed E-state index contributed by atoms with van der Waals surface area (Å²) in [5, 5.41) is 4.68. The molecule has 1 aromatic carbocycles. The smallest absolute Gasteiger partial charge is 0.161 e. The summed E-state index contributed by atoms with van der Waals surface area (Å²) in [6.45, 7) is 5.31. The van der Waals surface area contributed by atoms with Gasteiger partial charge >= 0.3 is 0 Å². The quantitative estimate of drug-likeness (QED) is 0.791. The number of thioether (sulfide) groups is 1. The van der Waals surface area contributed by atoms with Crippen LogP contribution < -0.4 is 5.32 Å². The van der Waals surface area contributed by atoms with Crippen molar-refractivity contribution in [3.05, 3.63) is 27.6 Å². The lowest BCUT2D eigenvalue weighted by Crippen LogP contribution is -2.10. The molecule has 1 atom stereocenters. The molecule has 0 aromatic heterocycles. The highest BCUT2D eigenvalue weighted by Gasteiger charge is 2.21. The molecule has 1 unspecified atom stereocenters. The first-order valence-corrected chi connectivity index (χ1v) is 7.94. The van der Waals surface area contributed by atoms with E-state index in [0.717, 1.165) is 17.4 Å². The molecule has 2 rings (SSSR count). The Kier molecular flexibility index (Phi) is 4.89. The van der Waals surface area contributed by atoms with Gasteiger partial charge in [-0.05, 0) is 47.1 Å². The van der Waals surface area contributed by atoms with Gasteiger partial charge in [-0.15, -0.1) is 0 Å². The Bertz CT molecular complexity index is 462. The van der Waals surface area contributed by atoms with Crippen molar-refractivity contribution in [1.29, 1.82) is 0 Å². The van der Waals surface area contributed by atoms with E-state index in [0.29, 0.717) is 14.7 Å². The first-order chi connectivity index (χ1) is 8.56. The van der Waals surface area contributed by atoms with E-state index in [4.69, 9.17) is 0 Å². The van der Waals surface area contributed by atoms with Crippen LogP contribution in [0.5, 0.6) is 0 Å². The molecule has 0 fully saturated rings. The summed E-state index contributed by atoms with van der Waals surface area (Å²) in [6.07, 6.45) is 1.17. The highest BCUT2D eigenvalue weighted by molar-refractivity contribution is 14.1. The molecule has 0 saturated carbocycles. The Morgan fingerprint density at radius 2 is 2.33 bits per heavy atom. The SMILES string of the molecule is CC(C)CC1CN=C(Nc2cccc(F)c2I)S1. The second kappa shape index (κ2) is 6.23. The molecule has 1 aromatic rings. The van der Waals surface area contributed by atoms with E-state index in [1.807, 2.05) is 28.7 Å². The zero-order valence-electron chi connectivity index (χ0n) is 10.4. The molecule has 1 aliphatic rings. The van der Waals surface area contributed by atoms with Crippen LogP contribution >= 0.6 is 34.4 Å². The maximum absolute atomic E-state index is 13.4. The van der Waals surface area contributed by atoms with E-state index in [1.165, 1.54) is 12.5 Å². The van der Waals surface area contributed by atoms with Crippen LogP contribution in [0.15, 0.2) is 23.2 Å². The number of hydrogen-bond donors (Lipinski definition) is 1. The molecule has 0 radical (unpaired) electrons. The highest BCUT2D eigenvalue weighted by Crippen LogP contribution is 2.29. The van der Waals surface area contributed by atoms with Gasteiger partial charge < -0.3 is 5.32 Å². The lowest BCUT2D eigenvalue weighted by atomic mass is 10.1. The molecule has 98 valence electrons. The van der Waals surface area contributed by atoms with Crippen LogP contribution in [0.2, 0.25) is 0 Å². The number of rotatable bonds is 3. The summed E-state index contributed by atoms with van der Waals surface area (Å²) in [5.74, 6) is 0.495. The summed E-state index contributed by atoms with van der Waals surface area (Å²) >= 11 is 3.78. The van der Waals surface area contributed by atoms with Crippen molar-refractivity contribution >= 4 is 45.2 Å². The molecule has 1 aliphatic heterocycles. The summed E-state index contributed by atoms with van der Waals surface area (Å²) in [6, 6.07) is 5.06. The van der Waals surface area contributed by atoms with Gasteiger partial charge in [-0.25, -0.2) is 4.39 Å². The third-order valence-corrected chi connectivity index (χ3v) is 4.87. The number of halogens is 2. The van der Waals surface area contributed by atoms with Crippen LogP contribution in [-0.4, -0.2) is 17.0 Å². The van der Waals surface area contributed by atoms with E-state index in [-0.39, 0.29) is 5.82 Å². The molecule has 1 heterocycles. The van der Waals surface area contributed by atoms with Crippen LogP contribution in [0.25, 0.3) is 0 Å². The average Bonchev–Trinajstić information content (AvgIpc) is 2.71. The number of anilines is 1. The molecule has 0 aliphatic carbocycles. The van der Waals surface area contributed by atoms with Crippen molar-refractivity contribution in [3.8, 4) is 0 Å². The average molecular weight is 378 g/mol. The third kappa shape index (κ3) is 3.60. The van der Waals surface area contributed by atoms with Gasteiger partial charge in [0.2, 0.25) is 0 Å². The summed E-state index contributed by atoms with van der Waals surface area (Å²) < 4.78 is 14.0. The van der Waals surface area contributed by atoms with Gasteiger partial charge in [0.1, 0.15) is 5.82 Å². The Balaban J connectivity index is 1.97. The zero-order chi connectivity index (χ0) is 13.1. The number of nitrogens with zero attached hydrogens (tertiary/aromatic N) is 1. The fourth-order valence-electron chi connectivity index (χ4n) is 1.85. The third-order valence-electron chi connectivity index (χ3n) is 2.64. The first kappa shape index (κ1) is 14.1. The van der Waals surface area contributed by atoms with Crippen LogP contribution in [0.4, 0.5) is 10.1 Å². The molecular weight excluding hydrogens is 362 g/mol. The Labute approximate surface area is 125 Å². The fourth-order valence-corrected chi connectivity index (χ4v) is 3.61. The second-order valence-corrected chi connectivity index (χ2v) is 7.11. The monoisotopic (exact) mass is 378 g/mol. The largest absolute Gasteiger partial charge is 0.334 e. The van der Waals surface area contributed by atoms with Gasteiger partial charge in [0.15, 0.2) is 5.17 Å². The summed E-state index contributed by atoms with van der Waals surface area (Å²) in [7, 11) is 0. The van der Waals surface area contributed by atoms with E-state index >= 15 is 0 Å². The Hall–Kier alpha value is -0.300. The molecule has 2 nitrogen and oxygen atoms in total. The summed E-state index contributed by atoms with van der Waals surface area (Å²) in [5.41, 5.74) is 0.798. The normalized spacial score (nSPS) is 19.2. The van der Waals surface area contributed by atoms with Crippen molar-refractivity contribution in [2.45, 2.75) is 25.5 Å². The standard InChI is InChI=1S/C13H16FIN2S/c1-8(2)6-9-7-16-13(18-9)17-11-5-3-4-10(14)12(11)15/h3-5,8-9H,6-7H2,1-2H3,(H,16,17). The van der Waals surface area contributed by atoms with Gasteiger partial charge in [0.25, 0.3) is 0 Å². The van der Waals surface area contributed by atoms with Crippen molar-refractivity contribution in [1.82, 2.24) is 0 Å². The van der Waals surface area contributed by atoms with Gasteiger partial charge in [-0.3, -0.25) is 4.99 Å². The second-order valence-electron chi connectivity index (χ2n) is 4.74. The predicted molar refractivity (Wildman–Crippen MR) is 85.9 cm³/mol. The minimum atomic E-state index is -0.192. The zero-order valence-corrected chi connectivity index (χ0v) is 13.4. The van der Waals surface area contributed by atoms with Crippen LogP contribution in [0.1, 0.15) is 20.3 Å². The number of benzene rings is 1. The fraction of sp³-hybridized carbons (Fsp3) is 0.462. The summed E-state index contributed by atoms with van der Waals surface area (Å²) in [4.78, 5) is 4.48. The first-order valence-electron chi connectivity index (χ1n) is 5.98. The van der Waals surface area contributed by atoms with E-state index in [1.54, 1.807) is 17.8 Å². The molecule has 0 saturated heterocycles. The topological polar surface area (TPSA) is 24.4 Å². The lowest BCUT2D eigenvalue weighted by Gasteiger charge is -2.12.